The number of nitrogens with one attached hydrogen (secondary N) is 1. The third-order valence-electron chi connectivity index (χ3n) is 3.55. The van der Waals surface area contributed by atoms with Crippen LogP contribution < -0.4 is 5.32 Å². The number of hydrogen-bond acceptors (Lipinski definition) is 5. The molecule has 3 heterocycles. The second-order valence-electron chi connectivity index (χ2n) is 5.40. The maximum absolute atomic E-state index is 12.4. The fourth-order valence-electron chi connectivity index (χ4n) is 2.52. The highest BCUT2D eigenvalue weighted by atomic mass is 32.1. The molecule has 0 unspecified atom stereocenters. The Kier molecular flexibility index (Phi) is 4.75. The van der Waals surface area contributed by atoms with Gasteiger partial charge in [0, 0.05) is 17.6 Å². The number of aromatic nitrogens is 1. The van der Waals surface area contributed by atoms with Crippen molar-refractivity contribution in [3.05, 3.63) is 38.5 Å². The van der Waals surface area contributed by atoms with Gasteiger partial charge < -0.3 is 15.0 Å². The molecule has 0 aliphatic carbocycles. The molecule has 3 rings (SSSR count). The largest absolute Gasteiger partial charge is 0.367 e. The van der Waals surface area contributed by atoms with E-state index in [0.717, 1.165) is 15.4 Å². The highest BCUT2D eigenvalue weighted by Crippen LogP contribution is 2.26. The molecule has 1 aliphatic heterocycles. The average Bonchev–Trinajstić information content (AvgIpc) is 3.15. The molecular formula is C15H19N3O2S2. The predicted octanol–water partition coefficient (Wildman–Crippen LogP) is 3.18. The summed E-state index contributed by atoms with van der Waals surface area (Å²) in [6.45, 7) is 5.71. The molecule has 0 spiro atoms. The van der Waals surface area contributed by atoms with Crippen molar-refractivity contribution in [1.29, 1.82) is 0 Å². The Morgan fingerprint density at radius 1 is 1.55 bits per heavy atom. The molecule has 22 heavy (non-hydrogen) atoms. The summed E-state index contributed by atoms with van der Waals surface area (Å²) in [5, 5.41) is 8.11. The molecule has 118 valence electrons. The van der Waals surface area contributed by atoms with Crippen LogP contribution in [0.5, 0.6) is 0 Å². The smallest absolute Gasteiger partial charge is 0.317 e. The fraction of sp³-hybridized carbons (Fsp3) is 0.467. The summed E-state index contributed by atoms with van der Waals surface area (Å²) < 4.78 is 5.95. The van der Waals surface area contributed by atoms with Crippen LogP contribution in [0.1, 0.15) is 28.5 Å². The maximum Gasteiger partial charge on any atom is 0.317 e. The van der Waals surface area contributed by atoms with Gasteiger partial charge in [0.1, 0.15) is 6.10 Å². The van der Waals surface area contributed by atoms with Crippen molar-refractivity contribution in [3.8, 4) is 0 Å². The number of amides is 2. The average molecular weight is 337 g/mol. The van der Waals surface area contributed by atoms with Crippen molar-refractivity contribution in [3.63, 3.8) is 0 Å². The Balaban J connectivity index is 1.59. The molecule has 1 saturated heterocycles. The highest BCUT2D eigenvalue weighted by molar-refractivity contribution is 7.11. The minimum absolute atomic E-state index is 0.0357. The van der Waals surface area contributed by atoms with E-state index in [9.17, 15) is 4.79 Å². The van der Waals surface area contributed by atoms with Crippen LogP contribution in [0.25, 0.3) is 0 Å². The van der Waals surface area contributed by atoms with Crippen LogP contribution in [0.2, 0.25) is 0 Å². The number of ether oxygens (including phenoxy) is 1. The number of aryl methyl sites for hydroxylation is 1. The first kappa shape index (κ1) is 15.5. The summed E-state index contributed by atoms with van der Waals surface area (Å²) in [5.74, 6) is 0. The van der Waals surface area contributed by atoms with Crippen LogP contribution in [-0.4, -0.2) is 35.1 Å². The monoisotopic (exact) mass is 337 g/mol. The van der Waals surface area contributed by atoms with Gasteiger partial charge in [0.25, 0.3) is 0 Å². The van der Waals surface area contributed by atoms with Gasteiger partial charge in [-0.05, 0) is 36.2 Å². The Morgan fingerprint density at radius 2 is 2.41 bits per heavy atom. The van der Waals surface area contributed by atoms with Gasteiger partial charge in [-0.25, -0.2) is 9.78 Å². The van der Waals surface area contributed by atoms with E-state index in [0.29, 0.717) is 19.6 Å². The summed E-state index contributed by atoms with van der Waals surface area (Å²) in [6.07, 6.45) is 1.82. The first-order chi connectivity index (χ1) is 10.6. The molecule has 1 fully saturated rings. The zero-order valence-electron chi connectivity index (χ0n) is 12.6. The number of rotatable bonds is 3. The molecule has 1 aliphatic rings. The third-order valence-corrected chi connectivity index (χ3v) is 5.16. The molecular weight excluding hydrogens is 318 g/mol. The number of carbonyl (C=O) groups excluding carboxylic acids is 1. The molecule has 7 heteroatoms. The van der Waals surface area contributed by atoms with Crippen molar-refractivity contribution in [2.75, 3.05) is 13.1 Å². The third kappa shape index (κ3) is 3.66. The summed E-state index contributed by atoms with van der Waals surface area (Å²) in [7, 11) is 0. The normalized spacial score (nSPS) is 21.8. The van der Waals surface area contributed by atoms with Gasteiger partial charge in [-0.15, -0.1) is 11.3 Å². The lowest BCUT2D eigenvalue weighted by Crippen LogP contribution is -2.49. The number of urea groups is 1. The molecule has 5 nitrogen and oxygen atoms in total. The lowest BCUT2D eigenvalue weighted by Gasteiger charge is -2.36. The summed E-state index contributed by atoms with van der Waals surface area (Å²) >= 11 is 3.26. The van der Waals surface area contributed by atoms with Crippen molar-refractivity contribution < 1.29 is 9.53 Å². The predicted molar refractivity (Wildman–Crippen MR) is 88.3 cm³/mol. The van der Waals surface area contributed by atoms with Crippen LogP contribution in [0.3, 0.4) is 0 Å². The number of hydrogen-bond donors (Lipinski definition) is 1. The summed E-state index contributed by atoms with van der Waals surface area (Å²) in [6, 6.07) is 2.02. The SMILES string of the molecule is Cc1ncc(CNC(=O)N2C[C@@H](C)O[C@@H](c3ccsc3)C2)s1. The van der Waals surface area contributed by atoms with Crippen molar-refractivity contribution in [1.82, 2.24) is 15.2 Å². The molecule has 2 atom stereocenters. The maximum atomic E-state index is 12.4. The second kappa shape index (κ2) is 6.76. The number of thiophene rings is 1. The van der Waals surface area contributed by atoms with Crippen LogP contribution in [0.4, 0.5) is 4.79 Å². The summed E-state index contributed by atoms with van der Waals surface area (Å²) in [4.78, 5) is 19.5. The lowest BCUT2D eigenvalue weighted by atomic mass is 10.1. The molecule has 0 saturated carbocycles. The van der Waals surface area contributed by atoms with E-state index in [1.165, 1.54) is 0 Å². The van der Waals surface area contributed by atoms with Gasteiger partial charge in [-0.3, -0.25) is 0 Å². The van der Waals surface area contributed by atoms with Gasteiger partial charge in [0.15, 0.2) is 0 Å². The molecule has 0 aromatic carbocycles. The molecule has 2 amide bonds. The van der Waals surface area contributed by atoms with E-state index in [1.807, 2.05) is 30.3 Å². The first-order valence-electron chi connectivity index (χ1n) is 7.23. The highest BCUT2D eigenvalue weighted by Gasteiger charge is 2.29. The Hall–Kier alpha value is -1.44. The zero-order valence-corrected chi connectivity index (χ0v) is 14.2. The van der Waals surface area contributed by atoms with Crippen molar-refractivity contribution in [2.24, 2.45) is 0 Å². The molecule has 2 aromatic heterocycles. The van der Waals surface area contributed by atoms with E-state index < -0.39 is 0 Å². The van der Waals surface area contributed by atoms with E-state index in [4.69, 9.17) is 4.74 Å². The van der Waals surface area contributed by atoms with Crippen LogP contribution in [-0.2, 0) is 11.3 Å². The Labute approximate surface area is 137 Å². The fourth-order valence-corrected chi connectivity index (χ4v) is 3.96. The Bertz CT molecular complexity index is 627. The molecule has 0 radical (unpaired) electrons. The van der Waals surface area contributed by atoms with Gasteiger partial charge in [0.2, 0.25) is 0 Å². The number of nitrogens with zero attached hydrogens (tertiary/aromatic N) is 2. The Morgan fingerprint density at radius 3 is 3.09 bits per heavy atom. The molecule has 2 aromatic rings. The van der Waals surface area contributed by atoms with Gasteiger partial charge in [-0.2, -0.15) is 11.3 Å². The van der Waals surface area contributed by atoms with Crippen molar-refractivity contribution in [2.45, 2.75) is 32.6 Å². The quantitative estimate of drug-likeness (QED) is 0.936. The van der Waals surface area contributed by atoms with E-state index in [1.54, 1.807) is 22.7 Å². The number of morpholine rings is 1. The topological polar surface area (TPSA) is 54.5 Å². The van der Waals surface area contributed by atoms with E-state index in [2.05, 4.69) is 21.7 Å². The molecule has 0 bridgehead atoms. The van der Waals surface area contributed by atoms with Gasteiger partial charge in [-0.1, -0.05) is 0 Å². The number of thiazole rings is 1. The van der Waals surface area contributed by atoms with E-state index >= 15 is 0 Å². The first-order valence-corrected chi connectivity index (χ1v) is 8.99. The minimum Gasteiger partial charge on any atom is -0.367 e. The standard InChI is InChI=1S/C15H19N3O2S2/c1-10-7-18(8-14(20-10)12-3-4-21-9-12)15(19)17-6-13-5-16-11(2)22-13/h3-5,9-10,14H,6-8H2,1-2H3,(H,17,19)/t10-,14-/m1/s1. The van der Waals surface area contributed by atoms with Crippen molar-refractivity contribution >= 4 is 28.7 Å². The molecule has 1 N–H and O–H groups in total. The van der Waals surface area contributed by atoms with Crippen LogP contribution in [0.15, 0.2) is 23.0 Å². The second-order valence-corrected chi connectivity index (χ2v) is 7.50. The van der Waals surface area contributed by atoms with Crippen LogP contribution >= 0.6 is 22.7 Å². The number of carbonyl (C=O) groups is 1. The van der Waals surface area contributed by atoms with Gasteiger partial charge >= 0.3 is 6.03 Å². The van der Waals surface area contributed by atoms with Crippen LogP contribution in [0, 0.1) is 6.92 Å². The summed E-state index contributed by atoms with van der Waals surface area (Å²) in [5.41, 5.74) is 1.15. The van der Waals surface area contributed by atoms with Gasteiger partial charge in [0.05, 0.1) is 24.2 Å². The lowest BCUT2D eigenvalue weighted by molar-refractivity contribution is -0.0655. The van der Waals surface area contributed by atoms with E-state index in [-0.39, 0.29) is 18.2 Å². The zero-order chi connectivity index (χ0) is 15.5. The minimum atomic E-state index is -0.0403.